The fraction of sp³-hybridized carbons (Fsp3) is 0.909. The third-order valence-corrected chi connectivity index (χ3v) is 4.88. The van der Waals surface area contributed by atoms with Gasteiger partial charge in [0, 0.05) is 0 Å². The summed E-state index contributed by atoms with van der Waals surface area (Å²) in [5.74, 6) is 0. The maximum atomic E-state index is 2.54. The van der Waals surface area contributed by atoms with E-state index in [9.17, 15) is 0 Å². The van der Waals surface area contributed by atoms with Gasteiger partial charge in [-0.1, -0.05) is 90.7 Å². The second kappa shape index (κ2) is 19.7. The van der Waals surface area contributed by atoms with Gasteiger partial charge >= 0.3 is 0 Å². The minimum absolute atomic E-state index is 1.21. The minimum atomic E-state index is 1.21. The minimum Gasteiger partial charge on any atom is -0.304 e. The average molecular weight is 324 g/mol. The van der Waals surface area contributed by atoms with Crippen LogP contribution in [-0.4, -0.2) is 24.5 Å². The van der Waals surface area contributed by atoms with Crippen molar-refractivity contribution in [2.24, 2.45) is 0 Å². The van der Waals surface area contributed by atoms with Gasteiger partial charge in [0.1, 0.15) is 0 Å². The van der Waals surface area contributed by atoms with E-state index in [2.05, 4.69) is 37.8 Å². The predicted octanol–water partition coefficient (Wildman–Crippen LogP) is 7.37. The van der Waals surface area contributed by atoms with Crippen molar-refractivity contribution in [3.63, 3.8) is 0 Å². The van der Waals surface area contributed by atoms with Crippen LogP contribution in [0.1, 0.15) is 111 Å². The third kappa shape index (κ3) is 17.9. The molecule has 0 heterocycles. The van der Waals surface area contributed by atoms with E-state index in [1.165, 1.54) is 110 Å². The van der Waals surface area contributed by atoms with Crippen molar-refractivity contribution in [2.45, 2.75) is 111 Å². The summed E-state index contributed by atoms with van der Waals surface area (Å²) in [4.78, 5) is 2.54. The van der Waals surface area contributed by atoms with Crippen LogP contribution in [0.2, 0.25) is 0 Å². The summed E-state index contributed by atoms with van der Waals surface area (Å²) in [7, 11) is 0. The molecule has 1 heteroatoms. The molecule has 0 atom stereocenters. The first-order chi connectivity index (χ1) is 11.3. The van der Waals surface area contributed by atoms with Crippen molar-refractivity contribution in [3.8, 4) is 0 Å². The molecule has 0 aliphatic rings. The first kappa shape index (κ1) is 22.7. The molecule has 23 heavy (non-hydrogen) atoms. The lowest BCUT2D eigenvalue weighted by Crippen LogP contribution is -2.23. The molecule has 0 bridgehead atoms. The van der Waals surface area contributed by atoms with Crippen molar-refractivity contribution in [1.82, 2.24) is 4.90 Å². The lowest BCUT2D eigenvalue weighted by atomic mass is 10.1. The fourth-order valence-electron chi connectivity index (χ4n) is 3.12. The van der Waals surface area contributed by atoms with E-state index in [0.29, 0.717) is 0 Å². The third-order valence-electron chi connectivity index (χ3n) is 4.88. The summed E-state index contributed by atoms with van der Waals surface area (Å²) in [6.07, 6.45) is 24.4. The molecule has 0 unspecified atom stereocenters. The molecule has 138 valence electrons. The molecule has 0 fully saturated rings. The summed E-state index contributed by atoms with van der Waals surface area (Å²) in [5.41, 5.74) is 0. The van der Waals surface area contributed by atoms with E-state index >= 15 is 0 Å². The summed E-state index contributed by atoms with van der Waals surface area (Å²) >= 11 is 0. The van der Waals surface area contributed by atoms with E-state index in [0.717, 1.165) is 0 Å². The van der Waals surface area contributed by atoms with Gasteiger partial charge in [-0.3, -0.25) is 0 Å². The first-order valence-corrected chi connectivity index (χ1v) is 10.7. The van der Waals surface area contributed by atoms with Gasteiger partial charge in [0.15, 0.2) is 0 Å². The van der Waals surface area contributed by atoms with Gasteiger partial charge < -0.3 is 4.90 Å². The van der Waals surface area contributed by atoms with Crippen LogP contribution in [0.3, 0.4) is 0 Å². The Hall–Kier alpha value is -0.300. The standard InChI is InChI=1S/C22H45N/c1-4-7-8-9-10-11-12-13-14-15-16-17-18-19-20-21-22-23(5-2)6-3/h13-14H,4-12,15-22H2,1-3H3/b14-13-. The van der Waals surface area contributed by atoms with E-state index in [1.54, 1.807) is 0 Å². The van der Waals surface area contributed by atoms with Gasteiger partial charge in [-0.05, 0) is 51.7 Å². The van der Waals surface area contributed by atoms with Crippen LogP contribution in [0.5, 0.6) is 0 Å². The van der Waals surface area contributed by atoms with Crippen LogP contribution in [0, 0.1) is 0 Å². The molecule has 0 spiro atoms. The Morgan fingerprint density at radius 1 is 0.522 bits per heavy atom. The molecular weight excluding hydrogens is 278 g/mol. The van der Waals surface area contributed by atoms with E-state index < -0.39 is 0 Å². The normalized spacial score (nSPS) is 11.8. The zero-order valence-corrected chi connectivity index (χ0v) is 16.6. The lowest BCUT2D eigenvalue weighted by Gasteiger charge is -2.17. The van der Waals surface area contributed by atoms with Gasteiger partial charge in [0.05, 0.1) is 0 Å². The maximum absolute atomic E-state index is 2.54. The van der Waals surface area contributed by atoms with Crippen LogP contribution < -0.4 is 0 Å². The van der Waals surface area contributed by atoms with Gasteiger partial charge in [-0.2, -0.15) is 0 Å². The summed E-state index contributed by atoms with van der Waals surface area (Å²) in [6.45, 7) is 10.5. The molecule has 0 N–H and O–H groups in total. The van der Waals surface area contributed by atoms with Gasteiger partial charge in [-0.25, -0.2) is 0 Å². The number of hydrogen-bond acceptors (Lipinski definition) is 1. The van der Waals surface area contributed by atoms with Gasteiger partial charge in [0.25, 0.3) is 0 Å². The molecule has 0 amide bonds. The smallest absolute Gasteiger partial charge is 0.00190 e. The molecule has 0 aromatic heterocycles. The van der Waals surface area contributed by atoms with Crippen molar-refractivity contribution >= 4 is 0 Å². The Balaban J connectivity index is 3.13. The zero-order valence-electron chi connectivity index (χ0n) is 16.6. The Morgan fingerprint density at radius 3 is 1.43 bits per heavy atom. The van der Waals surface area contributed by atoms with Crippen molar-refractivity contribution in [2.75, 3.05) is 19.6 Å². The van der Waals surface area contributed by atoms with E-state index in [4.69, 9.17) is 0 Å². The van der Waals surface area contributed by atoms with Crippen LogP contribution in [-0.2, 0) is 0 Å². The van der Waals surface area contributed by atoms with Crippen molar-refractivity contribution < 1.29 is 0 Å². The number of nitrogens with zero attached hydrogens (tertiary/aromatic N) is 1. The van der Waals surface area contributed by atoms with Crippen LogP contribution >= 0.6 is 0 Å². The maximum Gasteiger partial charge on any atom is -0.00190 e. The Kier molecular flexibility index (Phi) is 19.5. The molecule has 1 nitrogen and oxygen atoms in total. The fourth-order valence-corrected chi connectivity index (χ4v) is 3.12. The van der Waals surface area contributed by atoms with Gasteiger partial charge in [0.2, 0.25) is 0 Å². The lowest BCUT2D eigenvalue weighted by molar-refractivity contribution is 0.295. The van der Waals surface area contributed by atoms with Crippen molar-refractivity contribution in [3.05, 3.63) is 12.2 Å². The number of unbranched alkanes of at least 4 members (excludes halogenated alkanes) is 12. The number of allylic oxidation sites excluding steroid dienone is 2. The topological polar surface area (TPSA) is 3.24 Å². The SMILES string of the molecule is CCCCCCCC/C=C\CCCCCCCCN(CC)CC. The second-order valence-electron chi connectivity index (χ2n) is 6.96. The number of rotatable bonds is 18. The van der Waals surface area contributed by atoms with Gasteiger partial charge in [-0.15, -0.1) is 0 Å². The molecule has 0 saturated heterocycles. The van der Waals surface area contributed by atoms with E-state index in [1.807, 2.05) is 0 Å². The summed E-state index contributed by atoms with van der Waals surface area (Å²) in [5, 5.41) is 0. The zero-order chi connectivity index (χ0) is 17.0. The highest BCUT2D eigenvalue weighted by molar-refractivity contribution is 4.81. The molecule has 0 aliphatic heterocycles. The van der Waals surface area contributed by atoms with Crippen LogP contribution in [0.4, 0.5) is 0 Å². The average Bonchev–Trinajstić information content (AvgIpc) is 2.58. The number of hydrogen-bond donors (Lipinski definition) is 0. The summed E-state index contributed by atoms with van der Waals surface area (Å²) in [6, 6.07) is 0. The molecular formula is C22H45N. The molecule has 0 aliphatic carbocycles. The van der Waals surface area contributed by atoms with Crippen LogP contribution in [0.15, 0.2) is 12.2 Å². The molecule has 0 aromatic carbocycles. The highest BCUT2D eigenvalue weighted by Crippen LogP contribution is 2.10. The molecule has 0 saturated carbocycles. The quantitative estimate of drug-likeness (QED) is 0.188. The molecule has 0 radical (unpaired) electrons. The highest BCUT2D eigenvalue weighted by atomic mass is 15.1. The Bertz CT molecular complexity index is 230. The highest BCUT2D eigenvalue weighted by Gasteiger charge is 1.97. The molecule has 0 aromatic rings. The Morgan fingerprint density at radius 2 is 0.957 bits per heavy atom. The molecule has 0 rings (SSSR count). The summed E-state index contributed by atoms with van der Waals surface area (Å²) < 4.78 is 0. The second-order valence-corrected chi connectivity index (χ2v) is 6.96. The Labute approximate surface area is 147 Å². The van der Waals surface area contributed by atoms with E-state index in [-0.39, 0.29) is 0 Å². The first-order valence-electron chi connectivity index (χ1n) is 10.7. The largest absolute Gasteiger partial charge is 0.304 e. The van der Waals surface area contributed by atoms with Crippen LogP contribution in [0.25, 0.3) is 0 Å². The monoisotopic (exact) mass is 323 g/mol. The van der Waals surface area contributed by atoms with Crippen molar-refractivity contribution in [1.29, 1.82) is 0 Å². The predicted molar refractivity (Wildman–Crippen MR) is 107 cm³/mol.